The van der Waals surface area contributed by atoms with Crippen LogP contribution in [0.5, 0.6) is 0 Å². The summed E-state index contributed by atoms with van der Waals surface area (Å²) in [5.41, 5.74) is 1.44. The first-order chi connectivity index (χ1) is 14.5. The van der Waals surface area contributed by atoms with E-state index < -0.39 is 23.4 Å². The van der Waals surface area contributed by atoms with Crippen LogP contribution < -0.4 is 10.6 Å². The molecule has 1 heterocycles. The lowest BCUT2D eigenvalue weighted by atomic mass is 9.82. The molecule has 1 aliphatic heterocycles. The van der Waals surface area contributed by atoms with Crippen molar-refractivity contribution in [3.05, 3.63) is 102 Å². The van der Waals surface area contributed by atoms with Crippen molar-refractivity contribution in [2.24, 2.45) is 0 Å². The maximum Gasteiger partial charge on any atom is 0.326 e. The van der Waals surface area contributed by atoms with Gasteiger partial charge in [-0.15, -0.1) is 0 Å². The lowest BCUT2D eigenvalue weighted by Gasteiger charge is -2.28. The first kappa shape index (κ1) is 19.4. The average molecular weight is 399 g/mol. The Morgan fingerprint density at radius 3 is 1.97 bits per heavy atom. The van der Waals surface area contributed by atoms with Crippen LogP contribution in [0.15, 0.2) is 84.9 Å². The SMILES string of the molecule is Cc1ccccc1NC(=O)CN1C(=O)NC(c2ccccc2)(c2ccccc2)C1=O. The highest BCUT2D eigenvalue weighted by Gasteiger charge is 2.54. The molecule has 3 aromatic carbocycles. The van der Waals surface area contributed by atoms with Crippen LogP contribution in [0.25, 0.3) is 0 Å². The Labute approximate surface area is 174 Å². The van der Waals surface area contributed by atoms with Gasteiger partial charge in [0, 0.05) is 5.69 Å². The Hall–Kier alpha value is -3.93. The molecule has 150 valence electrons. The van der Waals surface area contributed by atoms with Crippen molar-refractivity contribution in [1.82, 2.24) is 10.2 Å². The summed E-state index contributed by atoms with van der Waals surface area (Å²) in [7, 11) is 0. The lowest BCUT2D eigenvalue weighted by molar-refractivity contribution is -0.133. The second-order valence-electron chi connectivity index (χ2n) is 7.17. The molecule has 1 aliphatic rings. The molecule has 3 aromatic rings. The zero-order chi connectivity index (χ0) is 21.1. The molecule has 0 bridgehead atoms. The molecule has 0 unspecified atom stereocenters. The van der Waals surface area contributed by atoms with Gasteiger partial charge in [-0.05, 0) is 29.7 Å². The fourth-order valence-corrected chi connectivity index (χ4v) is 3.70. The largest absolute Gasteiger partial charge is 0.326 e. The lowest BCUT2D eigenvalue weighted by Crippen LogP contribution is -2.45. The molecule has 0 saturated carbocycles. The summed E-state index contributed by atoms with van der Waals surface area (Å²) in [6.45, 7) is 1.50. The molecule has 4 amide bonds. The molecule has 1 saturated heterocycles. The molecule has 0 atom stereocenters. The highest BCUT2D eigenvalue weighted by molar-refractivity contribution is 6.12. The average Bonchev–Trinajstić information content (AvgIpc) is 3.02. The van der Waals surface area contributed by atoms with Gasteiger partial charge in [0.2, 0.25) is 5.91 Å². The Bertz CT molecular complexity index is 1060. The predicted molar refractivity (Wildman–Crippen MR) is 114 cm³/mol. The van der Waals surface area contributed by atoms with Crippen molar-refractivity contribution in [2.75, 3.05) is 11.9 Å². The molecule has 0 spiro atoms. The number of urea groups is 1. The first-order valence-electron chi connectivity index (χ1n) is 9.63. The molecular weight excluding hydrogens is 378 g/mol. The van der Waals surface area contributed by atoms with Gasteiger partial charge in [-0.1, -0.05) is 78.9 Å². The minimum atomic E-state index is -1.37. The van der Waals surface area contributed by atoms with Gasteiger partial charge < -0.3 is 10.6 Å². The van der Waals surface area contributed by atoms with Crippen LogP contribution in [0, 0.1) is 6.92 Å². The summed E-state index contributed by atoms with van der Waals surface area (Å²) in [5, 5.41) is 5.61. The van der Waals surface area contributed by atoms with Gasteiger partial charge >= 0.3 is 6.03 Å². The van der Waals surface area contributed by atoms with Crippen molar-refractivity contribution in [3.8, 4) is 0 Å². The molecule has 0 aromatic heterocycles. The number of benzene rings is 3. The Balaban J connectivity index is 1.66. The van der Waals surface area contributed by atoms with Gasteiger partial charge in [0.05, 0.1) is 0 Å². The molecular formula is C24H21N3O3. The zero-order valence-corrected chi connectivity index (χ0v) is 16.5. The van der Waals surface area contributed by atoms with Crippen molar-refractivity contribution in [3.63, 3.8) is 0 Å². The maximum absolute atomic E-state index is 13.6. The van der Waals surface area contributed by atoms with Crippen molar-refractivity contribution < 1.29 is 14.4 Å². The van der Waals surface area contributed by atoms with Crippen LogP contribution >= 0.6 is 0 Å². The second-order valence-corrected chi connectivity index (χ2v) is 7.17. The normalized spacial score (nSPS) is 15.0. The smallest absolute Gasteiger partial charge is 0.324 e. The van der Waals surface area contributed by atoms with E-state index in [1.807, 2.05) is 61.5 Å². The van der Waals surface area contributed by atoms with Crippen LogP contribution in [0.1, 0.15) is 16.7 Å². The summed E-state index contributed by atoms with van der Waals surface area (Å²) >= 11 is 0. The summed E-state index contributed by atoms with van der Waals surface area (Å²) < 4.78 is 0. The predicted octanol–water partition coefficient (Wildman–Crippen LogP) is 3.43. The monoisotopic (exact) mass is 399 g/mol. The van der Waals surface area contributed by atoms with Crippen molar-refractivity contribution >= 4 is 23.5 Å². The fourth-order valence-electron chi connectivity index (χ4n) is 3.70. The van der Waals surface area contributed by atoms with Crippen molar-refractivity contribution in [1.29, 1.82) is 0 Å². The number of hydrogen-bond donors (Lipinski definition) is 2. The minimum absolute atomic E-state index is 0.375. The number of hydrogen-bond acceptors (Lipinski definition) is 3. The third-order valence-corrected chi connectivity index (χ3v) is 5.24. The van der Waals surface area contributed by atoms with E-state index in [0.717, 1.165) is 10.5 Å². The Morgan fingerprint density at radius 1 is 0.867 bits per heavy atom. The second kappa shape index (κ2) is 7.83. The number of rotatable bonds is 5. The standard InChI is InChI=1S/C24H21N3O3/c1-17-10-8-9-15-20(17)25-21(28)16-27-22(29)24(26-23(27)30,18-11-4-2-5-12-18)19-13-6-3-7-14-19/h2-15H,16H2,1H3,(H,25,28)(H,26,30). The molecule has 0 radical (unpaired) electrons. The minimum Gasteiger partial charge on any atom is -0.324 e. The fraction of sp³-hybridized carbons (Fsp3) is 0.125. The summed E-state index contributed by atoms with van der Waals surface area (Å²) in [6, 6.07) is 24.8. The number of anilines is 1. The summed E-state index contributed by atoms with van der Waals surface area (Å²) in [4.78, 5) is 39.9. The number of carbonyl (C=O) groups excluding carboxylic acids is 3. The van der Waals surface area contributed by atoms with Crippen LogP contribution in [0.4, 0.5) is 10.5 Å². The molecule has 0 aliphatic carbocycles. The van der Waals surface area contributed by atoms with E-state index in [1.54, 1.807) is 30.3 Å². The van der Waals surface area contributed by atoms with E-state index in [9.17, 15) is 14.4 Å². The number of aryl methyl sites for hydroxylation is 1. The van der Waals surface area contributed by atoms with Gasteiger partial charge in [0.1, 0.15) is 6.54 Å². The molecule has 2 N–H and O–H groups in total. The van der Waals surface area contributed by atoms with Crippen LogP contribution in [-0.4, -0.2) is 29.3 Å². The van der Waals surface area contributed by atoms with Gasteiger partial charge in [-0.2, -0.15) is 0 Å². The van der Waals surface area contributed by atoms with Gasteiger partial charge in [-0.25, -0.2) is 4.79 Å². The highest BCUT2D eigenvalue weighted by atomic mass is 16.2. The number of para-hydroxylation sites is 1. The Morgan fingerprint density at radius 2 is 1.40 bits per heavy atom. The third-order valence-electron chi connectivity index (χ3n) is 5.24. The van der Waals surface area contributed by atoms with E-state index in [2.05, 4.69) is 10.6 Å². The molecule has 4 rings (SSSR count). The maximum atomic E-state index is 13.6. The number of carbonyl (C=O) groups is 3. The quantitative estimate of drug-likeness (QED) is 0.645. The topological polar surface area (TPSA) is 78.5 Å². The van der Waals surface area contributed by atoms with E-state index in [0.29, 0.717) is 16.8 Å². The van der Waals surface area contributed by atoms with Crippen LogP contribution in [-0.2, 0) is 15.1 Å². The zero-order valence-electron chi connectivity index (χ0n) is 16.5. The Kier molecular flexibility index (Phi) is 5.06. The van der Waals surface area contributed by atoms with E-state index >= 15 is 0 Å². The number of nitrogens with zero attached hydrogens (tertiary/aromatic N) is 1. The molecule has 6 nitrogen and oxygen atoms in total. The van der Waals surface area contributed by atoms with Crippen molar-refractivity contribution in [2.45, 2.75) is 12.5 Å². The number of amides is 4. The molecule has 6 heteroatoms. The number of imide groups is 1. The molecule has 1 fully saturated rings. The van der Waals surface area contributed by atoms with Gasteiger partial charge in [0.25, 0.3) is 5.91 Å². The van der Waals surface area contributed by atoms with Gasteiger partial charge in [0.15, 0.2) is 5.54 Å². The number of nitrogens with one attached hydrogen (secondary N) is 2. The van der Waals surface area contributed by atoms with Gasteiger partial charge in [-0.3, -0.25) is 14.5 Å². The summed E-state index contributed by atoms with van der Waals surface area (Å²) in [6.07, 6.45) is 0. The molecule has 30 heavy (non-hydrogen) atoms. The van der Waals surface area contributed by atoms with Crippen LogP contribution in [0.3, 0.4) is 0 Å². The van der Waals surface area contributed by atoms with E-state index in [1.165, 1.54) is 0 Å². The van der Waals surface area contributed by atoms with E-state index in [-0.39, 0.29) is 6.54 Å². The highest BCUT2D eigenvalue weighted by Crippen LogP contribution is 2.35. The van der Waals surface area contributed by atoms with Crippen LogP contribution in [0.2, 0.25) is 0 Å². The van der Waals surface area contributed by atoms with E-state index in [4.69, 9.17) is 0 Å². The summed E-state index contributed by atoms with van der Waals surface area (Å²) in [5.74, 6) is -0.922. The third kappa shape index (κ3) is 3.33. The first-order valence-corrected chi connectivity index (χ1v) is 9.63.